The number of amides is 1. The van der Waals surface area contributed by atoms with Gasteiger partial charge in [-0.05, 0) is 54.2 Å². The first kappa shape index (κ1) is 30.2. The summed E-state index contributed by atoms with van der Waals surface area (Å²) in [6.07, 6.45) is -1.25. The van der Waals surface area contributed by atoms with E-state index in [1.807, 2.05) is 44.2 Å². The van der Waals surface area contributed by atoms with Gasteiger partial charge in [-0.2, -0.15) is 9.37 Å². The molecular formula is C30H36N2O8S. The maximum Gasteiger partial charge on any atom is 0.431 e. The fourth-order valence-corrected chi connectivity index (χ4v) is 6.18. The van der Waals surface area contributed by atoms with Crippen LogP contribution in [-0.2, 0) is 23.1 Å². The van der Waals surface area contributed by atoms with Crippen molar-refractivity contribution < 1.29 is 37.7 Å². The molecule has 0 radical (unpaired) electrons. The third kappa shape index (κ3) is 8.12. The zero-order valence-electron chi connectivity index (χ0n) is 23.2. The molecule has 0 saturated carbocycles. The van der Waals surface area contributed by atoms with Crippen molar-refractivity contribution in [2.75, 3.05) is 26.3 Å². The van der Waals surface area contributed by atoms with Crippen LogP contribution in [0.5, 0.6) is 17.2 Å². The molecular weight excluding hydrogens is 548 g/mol. The molecule has 10 nitrogen and oxygen atoms in total. The summed E-state index contributed by atoms with van der Waals surface area (Å²) in [7, 11) is -3.95. The molecule has 0 bridgehead atoms. The van der Waals surface area contributed by atoms with Gasteiger partial charge in [0.2, 0.25) is 10.0 Å². The van der Waals surface area contributed by atoms with Gasteiger partial charge in [-0.15, -0.1) is 0 Å². The molecule has 0 fully saturated rings. The average molecular weight is 585 g/mol. The van der Waals surface area contributed by atoms with Gasteiger partial charge in [-0.25, -0.2) is 13.2 Å². The van der Waals surface area contributed by atoms with Crippen LogP contribution in [0.25, 0.3) is 0 Å². The molecule has 1 heterocycles. The van der Waals surface area contributed by atoms with Crippen LogP contribution in [0.2, 0.25) is 0 Å². The lowest BCUT2D eigenvalue weighted by Crippen LogP contribution is -2.42. The summed E-state index contributed by atoms with van der Waals surface area (Å²) in [5, 5.41) is 20.1. The molecule has 4 rings (SSSR count). The summed E-state index contributed by atoms with van der Waals surface area (Å²) in [5.74, 6) is 1.51. The normalized spacial score (nSPS) is 13.7. The summed E-state index contributed by atoms with van der Waals surface area (Å²) in [4.78, 5) is 11.7. The molecule has 0 saturated heterocycles. The number of carboxylic acid groups (broad SMARTS) is 1. The van der Waals surface area contributed by atoms with E-state index in [0.29, 0.717) is 37.1 Å². The summed E-state index contributed by atoms with van der Waals surface area (Å²) in [5.41, 5.74) is 1.80. The first-order valence-corrected chi connectivity index (χ1v) is 14.9. The van der Waals surface area contributed by atoms with Gasteiger partial charge in [0.15, 0.2) is 11.5 Å². The lowest BCUT2D eigenvalue weighted by Gasteiger charge is -2.29. The summed E-state index contributed by atoms with van der Waals surface area (Å²) in [6, 6.07) is 20.6. The Balaban J connectivity index is 1.46. The Labute approximate surface area is 240 Å². The first-order valence-electron chi connectivity index (χ1n) is 13.5. The lowest BCUT2D eigenvalue weighted by molar-refractivity contribution is -0.0984. The topological polar surface area (TPSA) is 126 Å². The number of benzene rings is 3. The van der Waals surface area contributed by atoms with E-state index < -0.39 is 22.2 Å². The van der Waals surface area contributed by atoms with E-state index >= 15 is 0 Å². The predicted molar refractivity (Wildman–Crippen MR) is 152 cm³/mol. The molecule has 3 aromatic carbocycles. The number of sulfonamides is 1. The summed E-state index contributed by atoms with van der Waals surface area (Å²) < 4.78 is 45.5. The van der Waals surface area contributed by atoms with E-state index in [0.717, 1.165) is 11.1 Å². The molecule has 0 aromatic heterocycles. The number of ether oxygens (including phenoxy) is 3. The Bertz CT molecular complexity index is 1400. The minimum Gasteiger partial charge on any atom is -0.489 e. The van der Waals surface area contributed by atoms with Gasteiger partial charge in [0.05, 0.1) is 10.9 Å². The highest BCUT2D eigenvalue weighted by Gasteiger charge is 2.30. The highest BCUT2D eigenvalue weighted by atomic mass is 32.2. The van der Waals surface area contributed by atoms with Crippen LogP contribution < -0.4 is 14.2 Å². The molecule has 1 unspecified atom stereocenters. The van der Waals surface area contributed by atoms with Crippen molar-refractivity contribution in [1.29, 1.82) is 0 Å². The van der Waals surface area contributed by atoms with Crippen molar-refractivity contribution in [1.82, 2.24) is 9.37 Å². The van der Waals surface area contributed by atoms with E-state index in [4.69, 9.17) is 14.2 Å². The SMILES string of the molecule is CC(C)CN(CCC(Cc1ccc(OCc2ccccc2)cc1)N(O)C(=O)O)S(=O)(=O)c1ccc2c(c1)OCCO2. The number of carbonyl (C=O) groups is 1. The van der Waals surface area contributed by atoms with Crippen LogP contribution in [-0.4, -0.2) is 66.5 Å². The van der Waals surface area contributed by atoms with Crippen molar-refractivity contribution in [3.05, 3.63) is 83.9 Å². The Morgan fingerprint density at radius 1 is 0.951 bits per heavy atom. The minimum absolute atomic E-state index is 0.00221. The maximum absolute atomic E-state index is 13.7. The Hall–Kier alpha value is -3.80. The van der Waals surface area contributed by atoms with E-state index in [9.17, 15) is 23.5 Å². The molecule has 0 aliphatic carbocycles. The smallest absolute Gasteiger partial charge is 0.431 e. The second-order valence-electron chi connectivity index (χ2n) is 10.3. The quantitative estimate of drug-likeness (QED) is 0.211. The highest BCUT2D eigenvalue weighted by molar-refractivity contribution is 7.89. The average Bonchev–Trinajstić information content (AvgIpc) is 2.97. The third-order valence-electron chi connectivity index (χ3n) is 6.62. The van der Waals surface area contributed by atoms with Crippen LogP contribution in [0, 0.1) is 5.92 Å². The molecule has 3 aromatic rings. The van der Waals surface area contributed by atoms with Gasteiger partial charge >= 0.3 is 6.09 Å². The van der Waals surface area contributed by atoms with Gasteiger partial charge in [0.1, 0.15) is 25.6 Å². The number of nitrogens with zero attached hydrogens (tertiary/aromatic N) is 2. The second kappa shape index (κ2) is 13.7. The van der Waals surface area contributed by atoms with Gasteiger partial charge in [0, 0.05) is 19.2 Å². The van der Waals surface area contributed by atoms with Crippen molar-refractivity contribution in [2.45, 2.75) is 44.2 Å². The predicted octanol–water partition coefficient (Wildman–Crippen LogP) is 5.05. The van der Waals surface area contributed by atoms with Crippen LogP contribution in [0.4, 0.5) is 4.79 Å². The number of hydrogen-bond acceptors (Lipinski definition) is 7. The van der Waals surface area contributed by atoms with Crippen LogP contribution in [0.3, 0.4) is 0 Å². The molecule has 1 atom stereocenters. The molecule has 11 heteroatoms. The molecule has 1 aliphatic heterocycles. The van der Waals surface area contributed by atoms with Gasteiger partial charge < -0.3 is 19.3 Å². The standard InChI is InChI=1S/C30H36N2O8S/c1-22(2)20-31(41(36,37)27-12-13-28-29(19-27)39-17-16-38-28)15-14-25(32(35)30(33)34)18-23-8-10-26(11-9-23)40-21-24-6-4-3-5-7-24/h3-13,19,22,25,35H,14-18,20-21H2,1-2H3,(H,33,34). The van der Waals surface area contributed by atoms with E-state index in [-0.39, 0.29) is 41.8 Å². The summed E-state index contributed by atoms with van der Waals surface area (Å²) in [6.45, 7) is 5.16. The molecule has 1 amide bonds. The van der Waals surface area contributed by atoms with E-state index in [2.05, 4.69) is 0 Å². The van der Waals surface area contributed by atoms with Crippen LogP contribution >= 0.6 is 0 Å². The fraction of sp³-hybridized carbons (Fsp3) is 0.367. The molecule has 41 heavy (non-hydrogen) atoms. The fourth-order valence-electron chi connectivity index (χ4n) is 4.54. The monoisotopic (exact) mass is 584 g/mol. The van der Waals surface area contributed by atoms with E-state index in [1.165, 1.54) is 16.4 Å². The van der Waals surface area contributed by atoms with Crippen molar-refractivity contribution in [3.63, 3.8) is 0 Å². The molecule has 2 N–H and O–H groups in total. The lowest BCUT2D eigenvalue weighted by atomic mass is 10.0. The first-order chi connectivity index (χ1) is 19.6. The Kier molecular flexibility index (Phi) is 10.1. The number of hydroxylamine groups is 2. The van der Waals surface area contributed by atoms with Crippen LogP contribution in [0.1, 0.15) is 31.4 Å². The highest BCUT2D eigenvalue weighted by Crippen LogP contribution is 2.33. The molecule has 0 spiro atoms. The van der Waals surface area contributed by atoms with Crippen molar-refractivity contribution in [2.24, 2.45) is 5.92 Å². The summed E-state index contributed by atoms with van der Waals surface area (Å²) >= 11 is 0. The van der Waals surface area contributed by atoms with Gasteiger partial charge in [-0.1, -0.05) is 56.3 Å². The minimum atomic E-state index is -3.95. The Morgan fingerprint density at radius 3 is 2.29 bits per heavy atom. The zero-order valence-corrected chi connectivity index (χ0v) is 24.0. The molecule has 1 aliphatic rings. The maximum atomic E-state index is 13.7. The second-order valence-corrected chi connectivity index (χ2v) is 12.2. The van der Waals surface area contributed by atoms with E-state index in [1.54, 1.807) is 30.3 Å². The number of hydrogen-bond donors (Lipinski definition) is 2. The van der Waals surface area contributed by atoms with Gasteiger partial charge in [0.25, 0.3) is 0 Å². The van der Waals surface area contributed by atoms with Gasteiger partial charge in [-0.3, -0.25) is 5.21 Å². The molecule has 220 valence electrons. The number of fused-ring (bicyclic) bond motifs is 1. The third-order valence-corrected chi connectivity index (χ3v) is 8.48. The van der Waals surface area contributed by atoms with Crippen LogP contribution in [0.15, 0.2) is 77.7 Å². The van der Waals surface area contributed by atoms with Crippen molar-refractivity contribution >= 4 is 16.1 Å². The largest absolute Gasteiger partial charge is 0.489 e. The van der Waals surface area contributed by atoms with Crippen molar-refractivity contribution in [3.8, 4) is 17.2 Å². The zero-order chi connectivity index (χ0) is 29.4. The Morgan fingerprint density at radius 2 is 1.63 bits per heavy atom. The number of rotatable bonds is 13.